The predicted molar refractivity (Wildman–Crippen MR) is 111 cm³/mol. The summed E-state index contributed by atoms with van der Waals surface area (Å²) in [6.45, 7) is 7.14. The van der Waals surface area contributed by atoms with Crippen molar-refractivity contribution in [3.8, 4) is 11.5 Å². The molecule has 3 aromatic rings. The van der Waals surface area contributed by atoms with E-state index >= 15 is 0 Å². The first-order chi connectivity index (χ1) is 13.5. The van der Waals surface area contributed by atoms with Crippen LogP contribution in [0.15, 0.2) is 35.4 Å². The topological polar surface area (TPSA) is 70.4 Å². The Bertz CT molecular complexity index is 1020. The minimum Gasteiger partial charge on any atom is -0.494 e. The van der Waals surface area contributed by atoms with Crippen LogP contribution in [-0.4, -0.2) is 22.1 Å². The molecule has 0 radical (unpaired) electrons. The molecule has 0 unspecified atom stereocenters. The van der Waals surface area contributed by atoms with Gasteiger partial charge in [-0.2, -0.15) is 0 Å². The molecule has 0 saturated carbocycles. The van der Waals surface area contributed by atoms with E-state index in [-0.39, 0.29) is 5.56 Å². The lowest BCUT2D eigenvalue weighted by molar-refractivity contribution is 0.0739. The SMILES string of the molecule is CCCCOc1ccc(OC(=O)c2sc3ncn(CCC)c(=O)c3c2C)cc1. The molecule has 6 nitrogen and oxygen atoms in total. The summed E-state index contributed by atoms with van der Waals surface area (Å²) in [5.41, 5.74) is 0.501. The van der Waals surface area contributed by atoms with Gasteiger partial charge in [-0.25, -0.2) is 9.78 Å². The van der Waals surface area contributed by atoms with Crippen LogP contribution >= 0.6 is 11.3 Å². The van der Waals surface area contributed by atoms with Gasteiger partial charge < -0.3 is 9.47 Å². The van der Waals surface area contributed by atoms with Crippen molar-refractivity contribution in [3.63, 3.8) is 0 Å². The third kappa shape index (κ3) is 4.25. The molecule has 28 heavy (non-hydrogen) atoms. The van der Waals surface area contributed by atoms with Crippen LogP contribution in [0.3, 0.4) is 0 Å². The van der Waals surface area contributed by atoms with E-state index in [4.69, 9.17) is 9.47 Å². The number of hydrogen-bond donors (Lipinski definition) is 0. The summed E-state index contributed by atoms with van der Waals surface area (Å²) in [6.07, 6.45) is 4.44. The Morgan fingerprint density at radius 1 is 1.14 bits per heavy atom. The molecule has 2 aromatic heterocycles. The molecule has 0 amide bonds. The summed E-state index contributed by atoms with van der Waals surface area (Å²) >= 11 is 1.19. The number of esters is 1. The number of hydrogen-bond acceptors (Lipinski definition) is 6. The molecule has 3 rings (SSSR count). The van der Waals surface area contributed by atoms with Crippen LogP contribution in [0.25, 0.3) is 10.2 Å². The zero-order valence-corrected chi connectivity index (χ0v) is 17.2. The van der Waals surface area contributed by atoms with Gasteiger partial charge in [-0.05, 0) is 49.6 Å². The van der Waals surface area contributed by atoms with E-state index in [9.17, 15) is 9.59 Å². The van der Waals surface area contributed by atoms with Gasteiger partial charge in [0, 0.05) is 6.54 Å². The normalized spacial score (nSPS) is 11.0. The van der Waals surface area contributed by atoms with E-state index in [0.29, 0.717) is 39.6 Å². The number of benzene rings is 1. The number of unbranched alkanes of at least 4 members (excludes halogenated alkanes) is 1. The highest BCUT2D eigenvalue weighted by molar-refractivity contribution is 7.20. The van der Waals surface area contributed by atoms with Gasteiger partial charge in [0.1, 0.15) is 21.2 Å². The smallest absolute Gasteiger partial charge is 0.354 e. The Hall–Kier alpha value is -2.67. The van der Waals surface area contributed by atoms with Gasteiger partial charge in [0.25, 0.3) is 5.56 Å². The van der Waals surface area contributed by atoms with Crippen LogP contribution in [-0.2, 0) is 6.54 Å². The van der Waals surface area contributed by atoms with Crippen LogP contribution in [0.1, 0.15) is 48.3 Å². The van der Waals surface area contributed by atoms with E-state index in [2.05, 4.69) is 11.9 Å². The average molecular weight is 401 g/mol. The van der Waals surface area contributed by atoms with E-state index in [1.165, 1.54) is 17.7 Å². The van der Waals surface area contributed by atoms with Gasteiger partial charge >= 0.3 is 5.97 Å². The second-order valence-electron chi connectivity index (χ2n) is 6.54. The fourth-order valence-electron chi connectivity index (χ4n) is 2.85. The van der Waals surface area contributed by atoms with E-state index in [1.54, 1.807) is 35.8 Å². The summed E-state index contributed by atoms with van der Waals surface area (Å²) in [7, 11) is 0. The number of aromatic nitrogens is 2. The third-order valence-corrected chi connectivity index (χ3v) is 5.55. The molecule has 0 N–H and O–H groups in total. The number of carbonyl (C=O) groups excluding carboxylic acids is 1. The molecule has 0 spiro atoms. The lowest BCUT2D eigenvalue weighted by Gasteiger charge is -2.07. The first-order valence-corrected chi connectivity index (χ1v) is 10.3. The van der Waals surface area contributed by atoms with E-state index < -0.39 is 5.97 Å². The maximum atomic E-state index is 12.6. The molecule has 148 valence electrons. The van der Waals surface area contributed by atoms with Gasteiger partial charge in [0.2, 0.25) is 0 Å². The maximum Gasteiger partial charge on any atom is 0.354 e. The van der Waals surface area contributed by atoms with Gasteiger partial charge in [0.15, 0.2) is 0 Å². The summed E-state index contributed by atoms with van der Waals surface area (Å²) in [6, 6.07) is 6.96. The molecule has 1 aromatic carbocycles. The molecule has 2 heterocycles. The summed E-state index contributed by atoms with van der Waals surface area (Å²) in [4.78, 5) is 30.6. The molecule has 0 saturated heterocycles. The number of fused-ring (bicyclic) bond motifs is 1. The molecule has 0 aliphatic heterocycles. The second-order valence-corrected chi connectivity index (χ2v) is 7.54. The van der Waals surface area contributed by atoms with E-state index in [0.717, 1.165) is 25.0 Å². The number of rotatable bonds is 8. The van der Waals surface area contributed by atoms with Crippen molar-refractivity contribution in [3.05, 3.63) is 51.4 Å². The van der Waals surface area contributed by atoms with Crippen LogP contribution < -0.4 is 15.0 Å². The summed E-state index contributed by atoms with van der Waals surface area (Å²) in [5, 5.41) is 0.493. The van der Waals surface area contributed by atoms with Crippen molar-refractivity contribution in [2.45, 2.75) is 46.6 Å². The van der Waals surface area contributed by atoms with Crippen molar-refractivity contribution in [2.24, 2.45) is 0 Å². The number of aryl methyl sites for hydroxylation is 2. The first kappa shape index (κ1) is 20.1. The van der Waals surface area contributed by atoms with Gasteiger partial charge in [-0.1, -0.05) is 20.3 Å². The lowest BCUT2D eigenvalue weighted by atomic mass is 10.2. The highest BCUT2D eigenvalue weighted by Crippen LogP contribution is 2.28. The van der Waals surface area contributed by atoms with Crippen molar-refractivity contribution >= 4 is 27.5 Å². The quantitative estimate of drug-likeness (QED) is 0.315. The highest BCUT2D eigenvalue weighted by Gasteiger charge is 2.21. The summed E-state index contributed by atoms with van der Waals surface area (Å²) < 4.78 is 12.7. The predicted octanol–water partition coefficient (Wildman–Crippen LogP) is 4.57. The van der Waals surface area contributed by atoms with Crippen LogP contribution in [0.4, 0.5) is 0 Å². The second kappa shape index (κ2) is 9.01. The van der Waals surface area contributed by atoms with Gasteiger partial charge in [-0.15, -0.1) is 11.3 Å². The van der Waals surface area contributed by atoms with Crippen LogP contribution in [0.2, 0.25) is 0 Å². The number of carbonyl (C=O) groups is 1. The largest absolute Gasteiger partial charge is 0.494 e. The molecular weight excluding hydrogens is 376 g/mol. The van der Waals surface area contributed by atoms with Crippen LogP contribution in [0.5, 0.6) is 11.5 Å². The lowest BCUT2D eigenvalue weighted by Crippen LogP contribution is -2.20. The first-order valence-electron chi connectivity index (χ1n) is 9.48. The number of thiophene rings is 1. The molecule has 7 heteroatoms. The molecular formula is C21H24N2O4S. The Morgan fingerprint density at radius 2 is 1.86 bits per heavy atom. The van der Waals surface area contributed by atoms with Crippen LogP contribution in [0, 0.1) is 6.92 Å². The van der Waals surface area contributed by atoms with Crippen molar-refractivity contribution in [1.29, 1.82) is 0 Å². The average Bonchev–Trinajstić information content (AvgIpc) is 3.03. The highest BCUT2D eigenvalue weighted by atomic mass is 32.1. The zero-order valence-electron chi connectivity index (χ0n) is 16.4. The molecule has 0 atom stereocenters. The fourth-order valence-corrected chi connectivity index (χ4v) is 3.86. The van der Waals surface area contributed by atoms with Crippen molar-refractivity contribution in [1.82, 2.24) is 9.55 Å². The Balaban J connectivity index is 1.79. The Kier molecular flexibility index (Phi) is 6.46. The maximum absolute atomic E-state index is 12.6. The number of ether oxygens (including phenoxy) is 2. The third-order valence-electron chi connectivity index (χ3n) is 4.37. The Labute approximate surface area is 167 Å². The number of nitrogens with zero attached hydrogens (tertiary/aromatic N) is 2. The minimum atomic E-state index is -0.485. The van der Waals surface area contributed by atoms with Crippen molar-refractivity contribution < 1.29 is 14.3 Å². The monoisotopic (exact) mass is 400 g/mol. The molecule has 0 aliphatic carbocycles. The van der Waals surface area contributed by atoms with Gasteiger partial charge in [0.05, 0.1) is 18.3 Å². The van der Waals surface area contributed by atoms with Crippen molar-refractivity contribution in [2.75, 3.05) is 6.61 Å². The summed E-state index contributed by atoms with van der Waals surface area (Å²) in [5.74, 6) is 0.689. The fraction of sp³-hybridized carbons (Fsp3) is 0.381. The minimum absolute atomic E-state index is 0.117. The van der Waals surface area contributed by atoms with E-state index in [1.807, 2.05) is 6.92 Å². The zero-order chi connectivity index (χ0) is 20.1. The standard InChI is InChI=1S/C21H24N2O4S/c1-4-6-12-26-15-7-9-16(10-8-15)27-21(25)18-14(3)17-19(28-18)22-13-23(11-5-2)20(17)24/h7-10,13H,4-6,11-12H2,1-3H3. The molecule has 0 bridgehead atoms. The molecule has 0 fully saturated rings. The Morgan fingerprint density at radius 3 is 2.54 bits per heavy atom. The van der Waals surface area contributed by atoms with Gasteiger partial charge in [-0.3, -0.25) is 9.36 Å². The molecule has 0 aliphatic rings.